The van der Waals surface area contributed by atoms with Gasteiger partial charge in [0.15, 0.2) is 10.3 Å². The molecule has 0 unspecified atom stereocenters. The first-order valence-corrected chi connectivity index (χ1v) is 12.0. The molecule has 0 fully saturated rings. The highest BCUT2D eigenvalue weighted by Gasteiger charge is 2.33. The Bertz CT molecular complexity index is 1410. The van der Waals surface area contributed by atoms with Gasteiger partial charge in [0.25, 0.3) is 5.91 Å². The lowest BCUT2D eigenvalue weighted by Crippen LogP contribution is -2.42. The minimum absolute atomic E-state index is 0.0329. The monoisotopic (exact) mass is 579 g/mol. The van der Waals surface area contributed by atoms with E-state index in [2.05, 4.69) is 19.4 Å². The molecule has 0 saturated carbocycles. The van der Waals surface area contributed by atoms with Gasteiger partial charge in [-0.15, -0.1) is 26.3 Å². The maximum atomic E-state index is 13.4. The molecule has 2 aromatic heterocycles. The summed E-state index contributed by atoms with van der Waals surface area (Å²) in [5, 5.41) is -0.0657. The van der Waals surface area contributed by atoms with E-state index in [0.29, 0.717) is 0 Å². The number of anilines is 2. The van der Waals surface area contributed by atoms with Gasteiger partial charge >= 0.3 is 12.7 Å². The van der Waals surface area contributed by atoms with E-state index in [1.165, 1.54) is 12.1 Å². The molecule has 4 rings (SSSR count). The van der Waals surface area contributed by atoms with Crippen molar-refractivity contribution in [1.82, 2.24) is 9.97 Å². The number of carbonyl (C=O) groups excluding carboxylic acids is 2. The predicted octanol–water partition coefficient (Wildman–Crippen LogP) is 4.96. The summed E-state index contributed by atoms with van der Waals surface area (Å²) in [6.45, 7) is 0. The first-order valence-electron chi connectivity index (χ1n) is 10.4. The fraction of sp³-hybridized carbons (Fsp3) is 0.238. The third kappa shape index (κ3) is 6.59. The number of alkyl halides is 6. The lowest BCUT2D eigenvalue weighted by Gasteiger charge is -2.20. The van der Waals surface area contributed by atoms with Crippen molar-refractivity contribution < 1.29 is 45.4 Å². The lowest BCUT2D eigenvalue weighted by atomic mass is 10.1. The number of carbonyl (C=O) groups is 2. The van der Waals surface area contributed by atoms with E-state index in [1.807, 2.05) is 0 Å². The molecule has 17 heteroatoms. The third-order valence-corrected chi connectivity index (χ3v) is 6.79. The van der Waals surface area contributed by atoms with Crippen LogP contribution in [0.2, 0.25) is 0 Å². The number of nitrogens with two attached hydrogens (primary N) is 2. The maximum absolute atomic E-state index is 13.4. The number of hydrogen-bond acceptors (Lipinski definition) is 9. The molecular weight excluding hydrogens is 564 g/mol. The van der Waals surface area contributed by atoms with Crippen LogP contribution in [0.3, 0.4) is 0 Å². The Balaban J connectivity index is 1.76. The summed E-state index contributed by atoms with van der Waals surface area (Å²) in [6, 6.07) is 5.51. The van der Waals surface area contributed by atoms with Gasteiger partial charge in [-0.05, 0) is 30.7 Å². The molecule has 4 N–H and O–H groups in total. The van der Waals surface area contributed by atoms with Gasteiger partial charge in [0, 0.05) is 18.6 Å². The largest absolute Gasteiger partial charge is 0.573 e. The quantitative estimate of drug-likeness (QED) is 0.282. The topological polar surface area (TPSA) is 134 Å². The Hall–Kier alpha value is -3.70. The van der Waals surface area contributed by atoms with Gasteiger partial charge in [-0.1, -0.05) is 22.7 Å². The van der Waals surface area contributed by atoms with Crippen LogP contribution in [0.5, 0.6) is 11.5 Å². The zero-order valence-electron chi connectivity index (χ0n) is 18.7. The van der Waals surface area contributed by atoms with Crippen LogP contribution >= 0.6 is 22.7 Å². The van der Waals surface area contributed by atoms with Crippen molar-refractivity contribution in [3.05, 3.63) is 36.4 Å². The number of benzene rings is 2. The van der Waals surface area contributed by atoms with Crippen molar-refractivity contribution in [3.63, 3.8) is 0 Å². The Morgan fingerprint density at radius 2 is 1.32 bits per heavy atom. The fourth-order valence-electron chi connectivity index (χ4n) is 3.23. The molecule has 9 nitrogen and oxygen atoms in total. The Labute approximate surface area is 216 Å². The average Bonchev–Trinajstić information content (AvgIpc) is 3.38. The van der Waals surface area contributed by atoms with Gasteiger partial charge in [-0.2, -0.15) is 0 Å². The van der Waals surface area contributed by atoms with E-state index in [4.69, 9.17) is 11.5 Å². The van der Waals surface area contributed by atoms with Crippen molar-refractivity contribution in [1.29, 1.82) is 0 Å². The molecular formula is C21H15F6N5O4S2. The minimum Gasteiger partial charge on any atom is -0.406 e. The normalized spacial score (nSPS) is 13.0. The van der Waals surface area contributed by atoms with Crippen LogP contribution < -0.4 is 25.8 Å². The number of aromatic nitrogens is 2. The SMILES string of the molecule is NC(=O)CC[C@H](N)C(=O)N(c1nc2ccc(OC(F)(F)F)cc2s1)c1nc2ccc(OC(F)(F)F)cc2s1. The fourth-order valence-corrected chi connectivity index (χ4v) is 5.29. The first kappa shape index (κ1) is 27.3. The zero-order valence-corrected chi connectivity index (χ0v) is 20.3. The number of hydrogen-bond donors (Lipinski definition) is 2. The standard InChI is InChI=1S/C21H15F6N5O4S2/c22-20(23,24)35-9-1-4-12-14(7-9)37-18(30-12)32(17(34)11(28)3-6-16(29)33)19-31-13-5-2-10(8-15(13)38-19)36-21(25,26)27/h1-2,4-5,7-8,11H,3,6,28H2,(H2,29,33)/t11-/m0/s1. The number of halogens is 6. The van der Waals surface area contributed by atoms with E-state index in [1.54, 1.807) is 0 Å². The number of nitrogens with zero attached hydrogens (tertiary/aromatic N) is 3. The molecule has 0 bridgehead atoms. The van der Waals surface area contributed by atoms with Crippen molar-refractivity contribution in [3.8, 4) is 11.5 Å². The molecule has 2 aromatic carbocycles. The molecule has 0 aliphatic carbocycles. The molecule has 2 amide bonds. The summed E-state index contributed by atoms with van der Waals surface area (Å²) in [4.78, 5) is 34.1. The van der Waals surface area contributed by atoms with Gasteiger partial charge < -0.3 is 20.9 Å². The average molecular weight is 580 g/mol. The predicted molar refractivity (Wildman–Crippen MR) is 126 cm³/mol. The number of rotatable bonds is 8. The number of amides is 2. The molecule has 0 aliphatic heterocycles. The van der Waals surface area contributed by atoms with E-state index in [-0.39, 0.29) is 43.5 Å². The van der Waals surface area contributed by atoms with E-state index in [0.717, 1.165) is 51.8 Å². The molecule has 1 atom stereocenters. The molecule has 0 spiro atoms. The molecule has 2 heterocycles. The highest BCUT2D eigenvalue weighted by atomic mass is 32.1. The van der Waals surface area contributed by atoms with Crippen LogP contribution in [0.1, 0.15) is 12.8 Å². The summed E-state index contributed by atoms with van der Waals surface area (Å²) >= 11 is 1.65. The van der Waals surface area contributed by atoms with Crippen molar-refractivity contribution in [2.75, 3.05) is 4.90 Å². The van der Waals surface area contributed by atoms with Gasteiger partial charge in [-0.3, -0.25) is 9.59 Å². The number of primary amides is 1. The van der Waals surface area contributed by atoms with E-state index >= 15 is 0 Å². The van der Waals surface area contributed by atoms with E-state index < -0.39 is 42.1 Å². The second-order valence-corrected chi connectivity index (χ2v) is 9.65. The van der Waals surface area contributed by atoms with Crippen LogP contribution in [0.4, 0.5) is 36.6 Å². The van der Waals surface area contributed by atoms with Crippen LogP contribution in [-0.2, 0) is 9.59 Å². The summed E-state index contributed by atoms with van der Waals surface area (Å²) in [6.07, 6.45) is -10.2. The van der Waals surface area contributed by atoms with Crippen LogP contribution in [-0.4, -0.2) is 40.5 Å². The second-order valence-electron chi connectivity index (χ2n) is 7.63. The van der Waals surface area contributed by atoms with Gasteiger partial charge in [0.1, 0.15) is 11.5 Å². The highest BCUT2D eigenvalue weighted by molar-refractivity contribution is 7.24. The summed E-state index contributed by atoms with van der Waals surface area (Å²) in [5.41, 5.74) is 11.6. The number of ether oxygens (including phenoxy) is 2. The summed E-state index contributed by atoms with van der Waals surface area (Å²) in [5.74, 6) is -2.49. The van der Waals surface area contributed by atoms with Gasteiger partial charge in [0.2, 0.25) is 5.91 Å². The highest BCUT2D eigenvalue weighted by Crippen LogP contribution is 2.40. The Kier molecular flexibility index (Phi) is 7.35. The maximum Gasteiger partial charge on any atom is 0.573 e. The molecule has 4 aromatic rings. The van der Waals surface area contributed by atoms with Gasteiger partial charge in [-0.25, -0.2) is 14.9 Å². The zero-order chi connectivity index (χ0) is 27.8. The first-order chi connectivity index (χ1) is 17.7. The summed E-state index contributed by atoms with van der Waals surface area (Å²) < 4.78 is 84.1. The van der Waals surface area contributed by atoms with Crippen LogP contribution in [0.15, 0.2) is 36.4 Å². The molecule has 0 saturated heterocycles. The molecule has 0 radical (unpaired) electrons. The Morgan fingerprint density at radius 1 is 0.868 bits per heavy atom. The lowest BCUT2D eigenvalue weighted by molar-refractivity contribution is -0.275. The molecule has 38 heavy (non-hydrogen) atoms. The molecule has 0 aliphatic rings. The summed E-state index contributed by atoms with van der Waals surface area (Å²) in [7, 11) is 0. The molecule has 202 valence electrons. The third-order valence-electron chi connectivity index (χ3n) is 4.79. The second kappa shape index (κ2) is 10.2. The van der Waals surface area contributed by atoms with Crippen molar-refractivity contribution in [2.24, 2.45) is 11.5 Å². The van der Waals surface area contributed by atoms with Crippen molar-refractivity contribution >= 4 is 65.2 Å². The van der Waals surface area contributed by atoms with Crippen LogP contribution in [0.25, 0.3) is 20.4 Å². The smallest absolute Gasteiger partial charge is 0.406 e. The number of fused-ring (bicyclic) bond motifs is 2. The Morgan fingerprint density at radius 3 is 1.71 bits per heavy atom. The van der Waals surface area contributed by atoms with Crippen molar-refractivity contribution in [2.45, 2.75) is 31.6 Å². The minimum atomic E-state index is -4.92. The van der Waals surface area contributed by atoms with E-state index in [9.17, 15) is 35.9 Å². The van der Waals surface area contributed by atoms with Crippen LogP contribution in [0, 0.1) is 0 Å². The number of thiazole rings is 2. The van der Waals surface area contributed by atoms with Gasteiger partial charge in [0.05, 0.1) is 26.5 Å².